The summed E-state index contributed by atoms with van der Waals surface area (Å²) in [6.07, 6.45) is 4.92. The predicted octanol–water partition coefficient (Wildman–Crippen LogP) is 4.19. The van der Waals surface area contributed by atoms with E-state index in [1.54, 1.807) is 20.0 Å². The molecule has 0 atom stereocenters. The molecule has 0 spiro atoms. The zero-order valence-corrected chi connectivity index (χ0v) is 12.1. The van der Waals surface area contributed by atoms with Crippen molar-refractivity contribution in [1.29, 1.82) is 0 Å². The number of hydrogen-bond donors (Lipinski definition) is 0. The molecule has 0 fully saturated rings. The van der Waals surface area contributed by atoms with Crippen molar-refractivity contribution in [2.45, 2.75) is 20.8 Å². The molecule has 0 aromatic carbocycles. The summed E-state index contributed by atoms with van der Waals surface area (Å²) in [6.45, 7) is 5.57. The maximum absolute atomic E-state index is 13.5. The summed E-state index contributed by atoms with van der Waals surface area (Å²) in [5.41, 5.74) is 1.94. The number of rotatable bonds is 4. The van der Waals surface area contributed by atoms with Gasteiger partial charge in [-0.05, 0) is 38.5 Å². The van der Waals surface area contributed by atoms with Crippen LogP contribution in [0.5, 0.6) is 5.88 Å². The van der Waals surface area contributed by atoms with Gasteiger partial charge in [0.15, 0.2) is 5.82 Å². The summed E-state index contributed by atoms with van der Waals surface area (Å²) >= 11 is 5.61. The van der Waals surface area contributed by atoms with Crippen LogP contribution in [0.25, 0.3) is 0 Å². The second kappa shape index (κ2) is 7.04. The first-order valence-corrected chi connectivity index (χ1v) is 6.09. The van der Waals surface area contributed by atoms with Crippen molar-refractivity contribution in [2.75, 3.05) is 7.05 Å². The van der Waals surface area contributed by atoms with Crippen LogP contribution in [0, 0.1) is 5.82 Å². The van der Waals surface area contributed by atoms with Gasteiger partial charge >= 0.3 is 0 Å². The summed E-state index contributed by atoms with van der Waals surface area (Å²) < 4.78 is 18.8. The molecule has 0 saturated heterocycles. The zero-order valence-electron chi connectivity index (χ0n) is 11.4. The summed E-state index contributed by atoms with van der Waals surface area (Å²) in [5, 5.41) is 0.233. The Morgan fingerprint density at radius 3 is 2.63 bits per heavy atom. The van der Waals surface area contributed by atoms with Gasteiger partial charge in [0, 0.05) is 19.0 Å². The Kier molecular flexibility index (Phi) is 5.70. The van der Waals surface area contributed by atoms with Gasteiger partial charge in [-0.15, -0.1) is 0 Å². The lowest BCUT2D eigenvalue weighted by molar-refractivity contribution is 0.381. The standard InChI is InChI=1S/C14H16ClFN2O/c1-9(11(3)17-4)5-6-10(2)19-14-13(16)7-12(15)8-18-14/h5-8H,1-4H3/b9-5+,10-6+,17-11?. The highest BCUT2D eigenvalue weighted by molar-refractivity contribution is 6.30. The largest absolute Gasteiger partial charge is 0.441 e. The molecule has 0 radical (unpaired) electrons. The van der Waals surface area contributed by atoms with E-state index in [4.69, 9.17) is 16.3 Å². The molecule has 19 heavy (non-hydrogen) atoms. The van der Waals surface area contributed by atoms with Gasteiger partial charge in [0.1, 0.15) is 5.76 Å². The fourth-order valence-corrected chi connectivity index (χ4v) is 1.35. The first-order chi connectivity index (χ1) is 8.93. The second-order valence-electron chi connectivity index (χ2n) is 3.98. The lowest BCUT2D eigenvalue weighted by Gasteiger charge is -2.05. The Bertz CT molecular complexity index is 550. The van der Waals surface area contributed by atoms with Crippen LogP contribution in [0.4, 0.5) is 4.39 Å². The van der Waals surface area contributed by atoms with E-state index < -0.39 is 5.82 Å². The Morgan fingerprint density at radius 1 is 1.37 bits per heavy atom. The third kappa shape index (κ3) is 4.83. The summed E-state index contributed by atoms with van der Waals surface area (Å²) in [7, 11) is 1.73. The predicted molar refractivity (Wildman–Crippen MR) is 76.4 cm³/mol. The number of nitrogens with zero attached hydrogens (tertiary/aromatic N) is 2. The lowest BCUT2D eigenvalue weighted by atomic mass is 10.2. The van der Waals surface area contributed by atoms with Crippen LogP contribution in [-0.4, -0.2) is 17.7 Å². The van der Waals surface area contributed by atoms with E-state index >= 15 is 0 Å². The van der Waals surface area contributed by atoms with Crippen LogP contribution in [0.1, 0.15) is 20.8 Å². The highest BCUT2D eigenvalue weighted by Gasteiger charge is 2.06. The Labute approximate surface area is 117 Å². The summed E-state index contributed by atoms with van der Waals surface area (Å²) in [5.74, 6) is -0.158. The number of ether oxygens (including phenoxy) is 1. The number of aromatic nitrogens is 1. The third-order valence-electron chi connectivity index (χ3n) is 2.51. The van der Waals surface area contributed by atoms with E-state index in [9.17, 15) is 4.39 Å². The smallest absolute Gasteiger partial charge is 0.255 e. The average molecular weight is 283 g/mol. The molecule has 0 aliphatic rings. The molecular formula is C14H16ClFN2O. The molecule has 3 nitrogen and oxygen atoms in total. The van der Waals surface area contributed by atoms with Crippen molar-refractivity contribution < 1.29 is 9.13 Å². The van der Waals surface area contributed by atoms with Crippen molar-refractivity contribution in [2.24, 2.45) is 4.99 Å². The first kappa shape index (κ1) is 15.4. The van der Waals surface area contributed by atoms with Crippen LogP contribution in [0.2, 0.25) is 5.02 Å². The fourth-order valence-electron chi connectivity index (χ4n) is 1.20. The topological polar surface area (TPSA) is 34.5 Å². The first-order valence-electron chi connectivity index (χ1n) is 5.72. The Balaban J connectivity index is 2.82. The molecule has 0 unspecified atom stereocenters. The van der Waals surface area contributed by atoms with E-state index in [0.29, 0.717) is 5.76 Å². The van der Waals surface area contributed by atoms with Gasteiger partial charge in [-0.3, -0.25) is 4.99 Å². The molecule has 0 aliphatic carbocycles. The molecule has 1 rings (SSSR count). The minimum Gasteiger partial charge on any atom is -0.441 e. The van der Waals surface area contributed by atoms with E-state index in [0.717, 1.165) is 17.4 Å². The van der Waals surface area contributed by atoms with Gasteiger partial charge in [0.25, 0.3) is 5.88 Å². The van der Waals surface area contributed by atoms with Gasteiger partial charge in [-0.2, -0.15) is 0 Å². The minimum absolute atomic E-state index is 0.0925. The number of hydrogen-bond acceptors (Lipinski definition) is 3. The van der Waals surface area contributed by atoms with Crippen LogP contribution < -0.4 is 4.74 Å². The normalized spacial score (nSPS) is 13.7. The van der Waals surface area contributed by atoms with E-state index in [1.165, 1.54) is 6.20 Å². The van der Waals surface area contributed by atoms with Crippen molar-refractivity contribution >= 4 is 17.3 Å². The van der Waals surface area contributed by atoms with Crippen LogP contribution in [0.3, 0.4) is 0 Å². The van der Waals surface area contributed by atoms with Crippen molar-refractivity contribution in [1.82, 2.24) is 4.98 Å². The highest BCUT2D eigenvalue weighted by atomic mass is 35.5. The molecule has 1 aromatic rings. The van der Waals surface area contributed by atoms with Gasteiger partial charge in [-0.25, -0.2) is 9.37 Å². The molecule has 0 aliphatic heterocycles. The van der Waals surface area contributed by atoms with E-state index in [1.807, 2.05) is 19.9 Å². The Morgan fingerprint density at radius 2 is 2.05 bits per heavy atom. The number of allylic oxidation sites excluding steroid dienone is 4. The molecule has 0 N–H and O–H groups in total. The summed E-state index contributed by atoms with van der Waals surface area (Å²) in [4.78, 5) is 7.85. The summed E-state index contributed by atoms with van der Waals surface area (Å²) in [6, 6.07) is 1.16. The van der Waals surface area contributed by atoms with Gasteiger partial charge in [0.05, 0.1) is 5.02 Å². The second-order valence-corrected chi connectivity index (χ2v) is 4.42. The van der Waals surface area contributed by atoms with E-state index in [2.05, 4.69) is 9.98 Å². The monoisotopic (exact) mass is 282 g/mol. The van der Waals surface area contributed by atoms with Crippen molar-refractivity contribution in [3.05, 3.63) is 46.6 Å². The molecule has 1 aromatic heterocycles. The Hall–Kier alpha value is -1.68. The number of pyridine rings is 1. The molecule has 102 valence electrons. The minimum atomic E-state index is -0.591. The fraction of sp³-hybridized carbons (Fsp3) is 0.286. The molecule has 5 heteroatoms. The van der Waals surface area contributed by atoms with Gasteiger partial charge < -0.3 is 4.74 Å². The van der Waals surface area contributed by atoms with Crippen LogP contribution in [-0.2, 0) is 0 Å². The maximum atomic E-state index is 13.5. The molecule has 1 heterocycles. The molecule has 0 saturated carbocycles. The maximum Gasteiger partial charge on any atom is 0.255 e. The SMILES string of the molecule is CN=C(C)/C(C)=C/C=C(\C)Oc1ncc(Cl)cc1F. The highest BCUT2D eigenvalue weighted by Crippen LogP contribution is 2.19. The van der Waals surface area contributed by atoms with Gasteiger partial charge in [-0.1, -0.05) is 17.7 Å². The van der Waals surface area contributed by atoms with Crippen LogP contribution in [0.15, 0.2) is 40.7 Å². The van der Waals surface area contributed by atoms with Gasteiger partial charge in [0.2, 0.25) is 0 Å². The number of halogens is 2. The molecule has 0 amide bonds. The van der Waals surface area contributed by atoms with Crippen molar-refractivity contribution in [3.63, 3.8) is 0 Å². The number of aliphatic imine (C=N–C) groups is 1. The van der Waals surface area contributed by atoms with Crippen LogP contribution >= 0.6 is 11.6 Å². The quantitative estimate of drug-likeness (QED) is 0.471. The molecular weight excluding hydrogens is 267 g/mol. The van der Waals surface area contributed by atoms with Crippen molar-refractivity contribution in [3.8, 4) is 5.88 Å². The third-order valence-corrected chi connectivity index (χ3v) is 2.71. The molecule has 0 bridgehead atoms. The zero-order chi connectivity index (χ0) is 14.4. The van der Waals surface area contributed by atoms with E-state index in [-0.39, 0.29) is 10.9 Å². The lowest BCUT2D eigenvalue weighted by Crippen LogP contribution is -1.97. The average Bonchev–Trinajstić information content (AvgIpc) is 2.38.